The van der Waals surface area contributed by atoms with Gasteiger partial charge in [0.15, 0.2) is 0 Å². The van der Waals surface area contributed by atoms with Gasteiger partial charge in [-0.05, 0) is 23.3 Å². The summed E-state index contributed by atoms with van der Waals surface area (Å²) in [5.41, 5.74) is 2.15. The normalized spacial score (nSPS) is 11.1. The molecule has 0 fully saturated rings. The van der Waals surface area contributed by atoms with E-state index < -0.39 is 0 Å². The zero-order chi connectivity index (χ0) is 13.0. The van der Waals surface area contributed by atoms with Gasteiger partial charge in [0, 0.05) is 0 Å². The van der Waals surface area contributed by atoms with Gasteiger partial charge in [0.25, 0.3) is 0 Å². The van der Waals surface area contributed by atoms with E-state index in [0.717, 1.165) is 11.1 Å². The van der Waals surface area contributed by atoms with E-state index in [1.165, 1.54) is 0 Å². The summed E-state index contributed by atoms with van der Waals surface area (Å²) in [6, 6.07) is 17.0. The van der Waals surface area contributed by atoms with Gasteiger partial charge in [-0.2, -0.15) is 5.26 Å². The maximum atomic E-state index is 9.21. The van der Waals surface area contributed by atoms with Crippen LogP contribution in [0.5, 0.6) is 0 Å². The zero-order valence-electron chi connectivity index (χ0n) is 9.40. The van der Waals surface area contributed by atoms with Gasteiger partial charge in [0.1, 0.15) is 0 Å². The van der Waals surface area contributed by atoms with E-state index in [0.29, 0.717) is 15.6 Å². The standard InChI is InChI=1S/C15H9Cl2N/c16-14-8-4-7-12(15(14)17)9-13(10-18)11-5-2-1-3-6-11/h1-9H/b13-9-. The SMILES string of the molecule is N#C/C(=C/c1cccc(Cl)c1Cl)c1ccccc1. The zero-order valence-corrected chi connectivity index (χ0v) is 10.9. The molecule has 2 aromatic carbocycles. The molecule has 1 nitrogen and oxygen atoms in total. The van der Waals surface area contributed by atoms with E-state index in [1.807, 2.05) is 36.4 Å². The third-order valence-electron chi connectivity index (χ3n) is 2.49. The molecule has 0 bridgehead atoms. The Balaban J connectivity index is 2.49. The summed E-state index contributed by atoms with van der Waals surface area (Å²) in [5, 5.41) is 10.1. The summed E-state index contributed by atoms with van der Waals surface area (Å²) < 4.78 is 0. The van der Waals surface area contributed by atoms with Gasteiger partial charge in [-0.25, -0.2) is 0 Å². The van der Waals surface area contributed by atoms with Crippen molar-refractivity contribution in [1.29, 1.82) is 5.26 Å². The van der Waals surface area contributed by atoms with Crippen LogP contribution in [0.2, 0.25) is 10.0 Å². The second kappa shape index (κ2) is 5.73. The number of nitrogens with zero attached hydrogens (tertiary/aromatic N) is 1. The van der Waals surface area contributed by atoms with Crippen molar-refractivity contribution in [3.63, 3.8) is 0 Å². The number of halogens is 2. The average Bonchev–Trinajstić information content (AvgIpc) is 2.41. The van der Waals surface area contributed by atoms with E-state index in [1.54, 1.807) is 18.2 Å². The van der Waals surface area contributed by atoms with E-state index in [9.17, 15) is 5.26 Å². The van der Waals surface area contributed by atoms with Crippen LogP contribution in [0.1, 0.15) is 11.1 Å². The number of benzene rings is 2. The molecule has 0 aliphatic rings. The molecular weight excluding hydrogens is 265 g/mol. The molecule has 2 rings (SSSR count). The van der Waals surface area contributed by atoms with Crippen molar-refractivity contribution in [3.8, 4) is 6.07 Å². The highest BCUT2D eigenvalue weighted by atomic mass is 35.5. The van der Waals surface area contributed by atoms with E-state index in [-0.39, 0.29) is 0 Å². The third kappa shape index (κ3) is 2.73. The van der Waals surface area contributed by atoms with Gasteiger partial charge in [-0.3, -0.25) is 0 Å². The molecule has 2 aromatic rings. The molecule has 18 heavy (non-hydrogen) atoms. The monoisotopic (exact) mass is 273 g/mol. The van der Waals surface area contributed by atoms with Crippen molar-refractivity contribution < 1.29 is 0 Å². The third-order valence-corrected chi connectivity index (χ3v) is 3.32. The first-order chi connectivity index (χ1) is 8.72. The smallest absolute Gasteiger partial charge is 0.0998 e. The number of nitriles is 1. The molecule has 0 heterocycles. The van der Waals surface area contributed by atoms with Crippen molar-refractivity contribution in [2.45, 2.75) is 0 Å². The Labute approximate surface area is 116 Å². The lowest BCUT2D eigenvalue weighted by atomic mass is 10.0. The molecule has 0 aliphatic carbocycles. The average molecular weight is 274 g/mol. The van der Waals surface area contributed by atoms with Gasteiger partial charge >= 0.3 is 0 Å². The van der Waals surface area contributed by atoms with E-state index in [4.69, 9.17) is 23.2 Å². The van der Waals surface area contributed by atoms with Crippen molar-refractivity contribution in [3.05, 3.63) is 69.7 Å². The second-order valence-corrected chi connectivity index (χ2v) is 4.46. The minimum atomic E-state index is 0.461. The van der Waals surface area contributed by atoms with Gasteiger partial charge in [0.05, 0.1) is 21.7 Å². The molecular formula is C15H9Cl2N. The Kier molecular flexibility index (Phi) is 4.04. The highest BCUT2D eigenvalue weighted by molar-refractivity contribution is 6.43. The highest BCUT2D eigenvalue weighted by Gasteiger charge is 2.05. The topological polar surface area (TPSA) is 23.8 Å². The van der Waals surface area contributed by atoms with Crippen LogP contribution in [-0.4, -0.2) is 0 Å². The molecule has 3 heteroatoms. The van der Waals surface area contributed by atoms with E-state index >= 15 is 0 Å². The summed E-state index contributed by atoms with van der Waals surface area (Å²) in [4.78, 5) is 0. The minimum Gasteiger partial charge on any atom is -0.192 e. The van der Waals surface area contributed by atoms with Gasteiger partial charge in [-0.1, -0.05) is 65.7 Å². The van der Waals surface area contributed by atoms with Crippen LogP contribution in [-0.2, 0) is 0 Å². The molecule has 0 saturated carbocycles. The molecule has 0 amide bonds. The summed E-state index contributed by atoms with van der Waals surface area (Å²) in [7, 11) is 0. The second-order valence-electron chi connectivity index (χ2n) is 3.68. The number of hydrogen-bond donors (Lipinski definition) is 0. The van der Waals surface area contributed by atoms with Crippen LogP contribution in [0.4, 0.5) is 0 Å². The van der Waals surface area contributed by atoms with E-state index in [2.05, 4.69) is 6.07 Å². The first-order valence-electron chi connectivity index (χ1n) is 5.33. The summed E-state index contributed by atoms with van der Waals surface area (Å²) in [6.07, 6.45) is 1.74. The molecule has 0 spiro atoms. The summed E-state index contributed by atoms with van der Waals surface area (Å²) in [5.74, 6) is 0. The Morgan fingerprint density at radius 1 is 1.00 bits per heavy atom. The molecule has 0 N–H and O–H groups in total. The fraction of sp³-hybridized carbons (Fsp3) is 0. The molecule has 0 saturated heterocycles. The van der Waals surface area contributed by atoms with Gasteiger partial charge in [-0.15, -0.1) is 0 Å². The molecule has 0 radical (unpaired) electrons. The fourth-order valence-corrected chi connectivity index (χ4v) is 1.95. The van der Waals surface area contributed by atoms with Crippen LogP contribution in [0.15, 0.2) is 48.5 Å². The first-order valence-corrected chi connectivity index (χ1v) is 6.09. The summed E-state index contributed by atoms with van der Waals surface area (Å²) in [6.45, 7) is 0. The Morgan fingerprint density at radius 3 is 2.39 bits per heavy atom. The predicted octanol–water partition coefficient (Wildman–Crippen LogP) is 5.06. The van der Waals surface area contributed by atoms with Crippen LogP contribution < -0.4 is 0 Å². The number of allylic oxidation sites excluding steroid dienone is 1. The number of hydrogen-bond acceptors (Lipinski definition) is 1. The Hall–Kier alpha value is -1.75. The van der Waals surface area contributed by atoms with Gasteiger partial charge < -0.3 is 0 Å². The van der Waals surface area contributed by atoms with Gasteiger partial charge in [0.2, 0.25) is 0 Å². The molecule has 0 aliphatic heterocycles. The highest BCUT2D eigenvalue weighted by Crippen LogP contribution is 2.28. The maximum absolute atomic E-state index is 9.21. The Bertz CT molecular complexity index is 625. The molecule has 88 valence electrons. The lowest BCUT2D eigenvalue weighted by Crippen LogP contribution is -1.82. The Morgan fingerprint density at radius 2 is 1.72 bits per heavy atom. The molecule has 0 aromatic heterocycles. The van der Waals surface area contributed by atoms with Crippen LogP contribution in [0, 0.1) is 11.3 Å². The fourth-order valence-electron chi connectivity index (χ4n) is 1.59. The minimum absolute atomic E-state index is 0.461. The summed E-state index contributed by atoms with van der Waals surface area (Å²) >= 11 is 12.0. The van der Waals surface area contributed by atoms with Crippen molar-refractivity contribution in [1.82, 2.24) is 0 Å². The van der Waals surface area contributed by atoms with Crippen LogP contribution in [0.25, 0.3) is 11.6 Å². The van der Waals surface area contributed by atoms with Crippen LogP contribution >= 0.6 is 23.2 Å². The lowest BCUT2D eigenvalue weighted by Gasteiger charge is -2.02. The van der Waals surface area contributed by atoms with Crippen LogP contribution in [0.3, 0.4) is 0 Å². The van der Waals surface area contributed by atoms with Crippen molar-refractivity contribution >= 4 is 34.9 Å². The van der Waals surface area contributed by atoms with Crippen molar-refractivity contribution in [2.24, 2.45) is 0 Å². The maximum Gasteiger partial charge on any atom is 0.0998 e. The lowest BCUT2D eigenvalue weighted by molar-refractivity contribution is 1.52. The largest absolute Gasteiger partial charge is 0.192 e. The quantitative estimate of drug-likeness (QED) is 0.554. The van der Waals surface area contributed by atoms with Crippen molar-refractivity contribution in [2.75, 3.05) is 0 Å². The number of rotatable bonds is 2. The molecule has 0 atom stereocenters. The predicted molar refractivity (Wildman–Crippen MR) is 76.4 cm³/mol. The molecule has 0 unspecified atom stereocenters. The first kappa shape index (κ1) is 12.7.